The summed E-state index contributed by atoms with van der Waals surface area (Å²) in [5.74, 6) is 1.04. The van der Waals surface area contributed by atoms with Gasteiger partial charge in [0, 0.05) is 10.0 Å². The van der Waals surface area contributed by atoms with Crippen molar-refractivity contribution in [3.05, 3.63) is 28.2 Å². The first-order valence-corrected chi connectivity index (χ1v) is 7.88. The van der Waals surface area contributed by atoms with Crippen molar-refractivity contribution in [2.75, 3.05) is 6.61 Å². The zero-order chi connectivity index (χ0) is 14.5. The Morgan fingerprint density at radius 1 is 1.25 bits per heavy atom. The normalized spacial score (nSPS) is 22.6. The maximum atomic E-state index is 10.9. The van der Waals surface area contributed by atoms with Gasteiger partial charge in [-0.1, -0.05) is 22.0 Å². The van der Waals surface area contributed by atoms with Crippen molar-refractivity contribution in [2.24, 2.45) is 0 Å². The number of halogens is 1. The van der Waals surface area contributed by atoms with Gasteiger partial charge in [0.1, 0.15) is 12.4 Å². The maximum absolute atomic E-state index is 10.9. The highest BCUT2D eigenvalue weighted by Gasteiger charge is 2.23. The third-order valence-electron chi connectivity index (χ3n) is 3.66. The van der Waals surface area contributed by atoms with Crippen LogP contribution in [0.2, 0.25) is 0 Å². The van der Waals surface area contributed by atoms with Gasteiger partial charge in [-0.25, -0.2) is 0 Å². The summed E-state index contributed by atoms with van der Waals surface area (Å²) in [6, 6.07) is 6.03. The molecule has 0 unspecified atom stereocenters. The minimum atomic E-state index is 0.0909. The van der Waals surface area contributed by atoms with Gasteiger partial charge >= 0.3 is 0 Å². The molecule has 20 heavy (non-hydrogen) atoms. The Bertz CT molecular complexity index is 465. The molecule has 2 rings (SSSR count). The third-order valence-corrected chi connectivity index (χ3v) is 4.51. The van der Waals surface area contributed by atoms with Crippen LogP contribution < -0.4 is 4.74 Å². The first kappa shape index (κ1) is 15.5. The number of ether oxygens (including phenoxy) is 2. The Kier molecular flexibility index (Phi) is 5.61. The van der Waals surface area contributed by atoms with Crippen molar-refractivity contribution in [1.29, 1.82) is 0 Å². The van der Waals surface area contributed by atoms with Gasteiger partial charge in [0.05, 0.1) is 12.2 Å². The monoisotopic (exact) mass is 340 g/mol. The van der Waals surface area contributed by atoms with Gasteiger partial charge in [0.15, 0.2) is 5.78 Å². The number of benzene rings is 1. The molecule has 0 radical (unpaired) electrons. The average Bonchev–Trinajstić information content (AvgIpc) is 2.43. The smallest absolute Gasteiger partial charge is 0.155 e. The van der Waals surface area contributed by atoms with Crippen molar-refractivity contribution in [2.45, 2.75) is 51.7 Å². The second kappa shape index (κ2) is 7.23. The molecule has 0 aliphatic heterocycles. The fourth-order valence-corrected chi connectivity index (χ4v) is 2.79. The molecule has 1 aromatic rings. The van der Waals surface area contributed by atoms with Gasteiger partial charge in [-0.3, -0.25) is 4.79 Å². The lowest BCUT2D eigenvalue weighted by Gasteiger charge is -2.29. The molecule has 0 N–H and O–H groups in total. The zero-order valence-electron chi connectivity index (χ0n) is 12.0. The first-order chi connectivity index (χ1) is 9.56. The molecule has 3 nitrogen and oxygen atoms in total. The number of hydrogen-bond acceptors (Lipinski definition) is 3. The van der Waals surface area contributed by atoms with E-state index in [-0.39, 0.29) is 24.6 Å². The molecule has 0 saturated heterocycles. The van der Waals surface area contributed by atoms with Gasteiger partial charge in [-0.2, -0.15) is 0 Å². The molecule has 0 amide bonds. The van der Waals surface area contributed by atoms with E-state index in [9.17, 15) is 4.79 Å². The molecule has 0 spiro atoms. The predicted molar refractivity (Wildman–Crippen MR) is 82.2 cm³/mol. The Balaban J connectivity index is 1.82. The van der Waals surface area contributed by atoms with Crippen LogP contribution in [0.15, 0.2) is 22.7 Å². The van der Waals surface area contributed by atoms with Gasteiger partial charge < -0.3 is 9.47 Å². The van der Waals surface area contributed by atoms with E-state index in [4.69, 9.17) is 9.47 Å². The van der Waals surface area contributed by atoms with Crippen LogP contribution in [0.3, 0.4) is 0 Å². The molecule has 110 valence electrons. The van der Waals surface area contributed by atoms with E-state index in [2.05, 4.69) is 22.9 Å². The van der Waals surface area contributed by atoms with E-state index < -0.39 is 0 Å². The number of rotatable bonds is 5. The van der Waals surface area contributed by atoms with Crippen LogP contribution in [0, 0.1) is 6.92 Å². The molecular formula is C16H21BrO3. The maximum Gasteiger partial charge on any atom is 0.155 e. The molecule has 0 bridgehead atoms. The fourth-order valence-electron chi connectivity index (χ4n) is 2.45. The third kappa shape index (κ3) is 4.32. The molecule has 1 aromatic carbocycles. The van der Waals surface area contributed by atoms with Crippen LogP contribution in [0.25, 0.3) is 0 Å². The summed E-state index contributed by atoms with van der Waals surface area (Å²) in [6.45, 7) is 3.85. The summed E-state index contributed by atoms with van der Waals surface area (Å²) < 4.78 is 12.7. The Labute approximate surface area is 128 Å². The summed E-state index contributed by atoms with van der Waals surface area (Å²) >= 11 is 3.52. The van der Waals surface area contributed by atoms with Crippen molar-refractivity contribution in [1.82, 2.24) is 0 Å². The number of Topliss-reactive ketones (excluding diaryl/α,β-unsaturated/α-hetero) is 1. The van der Waals surface area contributed by atoms with Crippen LogP contribution in [0.4, 0.5) is 0 Å². The largest absolute Gasteiger partial charge is 0.490 e. The first-order valence-electron chi connectivity index (χ1n) is 7.09. The highest BCUT2D eigenvalue weighted by atomic mass is 79.9. The number of carbonyl (C=O) groups excluding carboxylic acids is 1. The summed E-state index contributed by atoms with van der Waals surface area (Å²) in [7, 11) is 0. The zero-order valence-corrected chi connectivity index (χ0v) is 13.6. The van der Waals surface area contributed by atoms with E-state index in [0.29, 0.717) is 0 Å². The second-order valence-corrected chi connectivity index (χ2v) is 6.25. The lowest BCUT2D eigenvalue weighted by atomic mass is 9.95. The summed E-state index contributed by atoms with van der Waals surface area (Å²) in [5, 5.41) is 0. The Hall–Kier alpha value is -0.870. The number of hydrogen-bond donors (Lipinski definition) is 0. The van der Waals surface area contributed by atoms with Gasteiger partial charge in [-0.15, -0.1) is 0 Å². The SMILES string of the molecule is CC(=O)COC1CCC(Oc2cccc(Br)c2C)CC1. The molecule has 1 aliphatic carbocycles. The van der Waals surface area contributed by atoms with Gasteiger partial charge in [-0.05, 0) is 51.7 Å². The van der Waals surface area contributed by atoms with Crippen LogP contribution >= 0.6 is 15.9 Å². The molecule has 0 atom stereocenters. The predicted octanol–water partition coefficient (Wildman–Crippen LogP) is 4.05. The van der Waals surface area contributed by atoms with Crippen LogP contribution in [-0.4, -0.2) is 24.6 Å². The van der Waals surface area contributed by atoms with Crippen LogP contribution in [0.1, 0.15) is 38.2 Å². The Morgan fingerprint density at radius 2 is 1.90 bits per heavy atom. The lowest BCUT2D eigenvalue weighted by molar-refractivity contribution is -0.124. The molecule has 0 heterocycles. The van der Waals surface area contributed by atoms with E-state index in [1.165, 1.54) is 0 Å². The second-order valence-electron chi connectivity index (χ2n) is 5.39. The van der Waals surface area contributed by atoms with E-state index in [0.717, 1.165) is 41.5 Å². The number of carbonyl (C=O) groups is 1. The van der Waals surface area contributed by atoms with Crippen LogP contribution in [0.5, 0.6) is 5.75 Å². The fraction of sp³-hybridized carbons (Fsp3) is 0.562. The minimum Gasteiger partial charge on any atom is -0.490 e. The summed E-state index contributed by atoms with van der Waals surface area (Å²) in [6.07, 6.45) is 4.35. The molecule has 4 heteroatoms. The van der Waals surface area contributed by atoms with Crippen molar-refractivity contribution in [3.8, 4) is 5.75 Å². The van der Waals surface area contributed by atoms with E-state index >= 15 is 0 Å². The Morgan fingerprint density at radius 3 is 2.55 bits per heavy atom. The highest BCUT2D eigenvalue weighted by Crippen LogP contribution is 2.30. The summed E-state index contributed by atoms with van der Waals surface area (Å²) in [4.78, 5) is 10.9. The van der Waals surface area contributed by atoms with E-state index in [1.807, 2.05) is 18.2 Å². The van der Waals surface area contributed by atoms with Crippen molar-refractivity contribution in [3.63, 3.8) is 0 Å². The van der Waals surface area contributed by atoms with Crippen molar-refractivity contribution < 1.29 is 14.3 Å². The molecule has 1 saturated carbocycles. The molecule has 0 aromatic heterocycles. The quantitative estimate of drug-likeness (QED) is 0.810. The minimum absolute atomic E-state index is 0.0909. The van der Waals surface area contributed by atoms with Crippen LogP contribution in [-0.2, 0) is 9.53 Å². The molecular weight excluding hydrogens is 320 g/mol. The van der Waals surface area contributed by atoms with Gasteiger partial charge in [0.25, 0.3) is 0 Å². The lowest BCUT2D eigenvalue weighted by Crippen LogP contribution is -2.29. The molecule has 1 fully saturated rings. The van der Waals surface area contributed by atoms with E-state index in [1.54, 1.807) is 6.92 Å². The average molecular weight is 341 g/mol. The molecule has 1 aliphatic rings. The standard InChI is InChI=1S/C16H21BrO3/c1-11(18)10-19-13-6-8-14(9-7-13)20-16-5-3-4-15(17)12(16)2/h3-5,13-14H,6-10H2,1-2H3. The summed E-state index contributed by atoms with van der Waals surface area (Å²) in [5.41, 5.74) is 1.14. The van der Waals surface area contributed by atoms with Gasteiger partial charge in [0.2, 0.25) is 0 Å². The number of ketones is 1. The topological polar surface area (TPSA) is 35.5 Å². The van der Waals surface area contributed by atoms with Crippen molar-refractivity contribution >= 4 is 21.7 Å². The highest BCUT2D eigenvalue weighted by molar-refractivity contribution is 9.10.